The van der Waals surface area contributed by atoms with E-state index >= 15 is 0 Å². The maximum atomic E-state index is 2.36. The highest BCUT2D eigenvalue weighted by atomic mass is 14.1. The van der Waals surface area contributed by atoms with Crippen LogP contribution in [0.1, 0.15) is 37.8 Å². The van der Waals surface area contributed by atoms with Crippen LogP contribution in [0.2, 0.25) is 6.82 Å². The Morgan fingerprint density at radius 2 is 2.00 bits per heavy atom. The van der Waals surface area contributed by atoms with E-state index in [0.29, 0.717) is 5.92 Å². The van der Waals surface area contributed by atoms with E-state index in [4.69, 9.17) is 0 Å². The minimum atomic E-state index is 0.649. The van der Waals surface area contributed by atoms with Gasteiger partial charge in [-0.3, -0.25) is 0 Å². The largest absolute Gasteiger partial charge is 0.154 e. The van der Waals surface area contributed by atoms with Gasteiger partial charge in [0, 0.05) is 0 Å². The van der Waals surface area contributed by atoms with Crippen molar-refractivity contribution in [1.82, 2.24) is 0 Å². The molecule has 0 aliphatic carbocycles. The molecule has 0 nitrogen and oxygen atoms in total. The number of hydrogen-bond donors (Lipinski definition) is 0. The molecule has 0 spiro atoms. The monoisotopic (exact) mass is 174 g/mol. The van der Waals surface area contributed by atoms with Crippen LogP contribution in [-0.2, 0) is 6.42 Å². The molecule has 0 radical (unpaired) electrons. The van der Waals surface area contributed by atoms with Crippen LogP contribution in [0.3, 0.4) is 0 Å². The summed E-state index contributed by atoms with van der Waals surface area (Å²) < 4.78 is 0. The summed E-state index contributed by atoms with van der Waals surface area (Å²) in [5.41, 5.74) is 4.50. The van der Waals surface area contributed by atoms with Gasteiger partial charge in [0.25, 0.3) is 0 Å². The maximum absolute atomic E-state index is 2.36. The zero-order valence-electron chi connectivity index (χ0n) is 9.22. The summed E-state index contributed by atoms with van der Waals surface area (Å²) in [6.07, 6.45) is 1.16. The molecule has 1 aromatic carbocycles. The van der Waals surface area contributed by atoms with E-state index in [0.717, 1.165) is 13.7 Å². The first-order valence-corrected chi connectivity index (χ1v) is 5.30. The zero-order valence-corrected chi connectivity index (χ0v) is 9.22. The minimum absolute atomic E-state index is 0.649. The molecular formula is C12H19B. The molecule has 0 atom stereocenters. The average molecular weight is 174 g/mol. The van der Waals surface area contributed by atoms with Gasteiger partial charge in [0.15, 0.2) is 7.28 Å². The summed E-state index contributed by atoms with van der Waals surface area (Å²) in [7, 11) is 1.15. The standard InChI is InChI=1S/C12H19B/c1-5-10-8-11(9(2)3)6-7-12(10)13-4/h6-9,13H,5H2,1-4H3. The summed E-state index contributed by atoms with van der Waals surface area (Å²) >= 11 is 0. The maximum Gasteiger partial charge on any atom is 0.154 e. The van der Waals surface area contributed by atoms with Crippen molar-refractivity contribution in [1.29, 1.82) is 0 Å². The number of hydrogen-bond acceptors (Lipinski definition) is 0. The van der Waals surface area contributed by atoms with E-state index in [-0.39, 0.29) is 0 Å². The molecule has 0 saturated carbocycles. The second kappa shape index (κ2) is 4.50. The van der Waals surface area contributed by atoms with Crippen molar-refractivity contribution < 1.29 is 0 Å². The molecular weight excluding hydrogens is 155 g/mol. The lowest BCUT2D eigenvalue weighted by Crippen LogP contribution is -2.16. The molecule has 13 heavy (non-hydrogen) atoms. The van der Waals surface area contributed by atoms with Gasteiger partial charge in [-0.2, -0.15) is 0 Å². The van der Waals surface area contributed by atoms with Crippen LogP contribution >= 0.6 is 0 Å². The lowest BCUT2D eigenvalue weighted by atomic mass is 9.70. The van der Waals surface area contributed by atoms with E-state index in [1.807, 2.05) is 0 Å². The van der Waals surface area contributed by atoms with Gasteiger partial charge in [0.2, 0.25) is 0 Å². The van der Waals surface area contributed by atoms with Crippen LogP contribution in [0.15, 0.2) is 18.2 Å². The van der Waals surface area contributed by atoms with Gasteiger partial charge in [0.05, 0.1) is 0 Å². The predicted molar refractivity (Wildman–Crippen MR) is 62.6 cm³/mol. The summed E-state index contributed by atoms with van der Waals surface area (Å²) in [5.74, 6) is 0.649. The van der Waals surface area contributed by atoms with E-state index in [2.05, 4.69) is 45.8 Å². The van der Waals surface area contributed by atoms with Crippen LogP contribution in [0.25, 0.3) is 0 Å². The lowest BCUT2D eigenvalue weighted by molar-refractivity contribution is 0.863. The fraction of sp³-hybridized carbons (Fsp3) is 0.500. The Kier molecular flexibility index (Phi) is 3.59. The van der Waals surface area contributed by atoms with E-state index in [1.54, 1.807) is 0 Å². The Bertz CT molecular complexity index is 276. The molecule has 0 heterocycles. The van der Waals surface area contributed by atoms with Crippen molar-refractivity contribution in [3.8, 4) is 0 Å². The topological polar surface area (TPSA) is 0 Å². The Morgan fingerprint density at radius 3 is 2.46 bits per heavy atom. The molecule has 0 amide bonds. The minimum Gasteiger partial charge on any atom is -0.0849 e. The van der Waals surface area contributed by atoms with Crippen molar-refractivity contribution >= 4 is 12.7 Å². The highest BCUT2D eigenvalue weighted by molar-refractivity contribution is 6.52. The number of rotatable bonds is 3. The highest BCUT2D eigenvalue weighted by Gasteiger charge is 2.03. The fourth-order valence-corrected chi connectivity index (χ4v) is 1.68. The summed E-state index contributed by atoms with van der Waals surface area (Å²) in [4.78, 5) is 0. The van der Waals surface area contributed by atoms with Crippen LogP contribution in [0, 0.1) is 0 Å². The Balaban J connectivity index is 3.05. The van der Waals surface area contributed by atoms with Gasteiger partial charge in [-0.15, -0.1) is 0 Å². The molecule has 1 heteroatoms. The molecule has 70 valence electrons. The van der Waals surface area contributed by atoms with E-state index < -0.39 is 0 Å². The first-order chi connectivity index (χ1) is 6.19. The second-order valence-electron chi connectivity index (χ2n) is 3.89. The lowest BCUT2D eigenvalue weighted by Gasteiger charge is -2.10. The second-order valence-corrected chi connectivity index (χ2v) is 3.89. The quantitative estimate of drug-likeness (QED) is 0.617. The SMILES string of the molecule is CBc1ccc(C(C)C)cc1CC. The van der Waals surface area contributed by atoms with Crippen LogP contribution in [0.4, 0.5) is 0 Å². The van der Waals surface area contributed by atoms with Gasteiger partial charge in [0.1, 0.15) is 0 Å². The van der Waals surface area contributed by atoms with Gasteiger partial charge in [-0.25, -0.2) is 0 Å². The van der Waals surface area contributed by atoms with Gasteiger partial charge in [-0.1, -0.05) is 56.8 Å². The van der Waals surface area contributed by atoms with Gasteiger partial charge >= 0.3 is 0 Å². The third-order valence-electron chi connectivity index (χ3n) is 2.66. The van der Waals surface area contributed by atoms with Gasteiger partial charge in [-0.05, 0) is 17.9 Å². The normalized spacial score (nSPS) is 10.5. The summed E-state index contributed by atoms with van der Waals surface area (Å²) in [6, 6.07) is 6.92. The Labute approximate surface area is 82.6 Å². The van der Waals surface area contributed by atoms with Crippen molar-refractivity contribution in [2.75, 3.05) is 0 Å². The molecule has 0 bridgehead atoms. The molecule has 0 saturated heterocycles. The predicted octanol–water partition coefficient (Wildman–Crippen LogP) is 2.48. The first-order valence-electron chi connectivity index (χ1n) is 5.30. The third kappa shape index (κ3) is 2.36. The van der Waals surface area contributed by atoms with Crippen LogP contribution < -0.4 is 5.46 Å². The molecule has 1 rings (SSSR count). The molecule has 1 aromatic rings. The van der Waals surface area contributed by atoms with E-state index in [1.165, 1.54) is 16.6 Å². The molecule has 0 unspecified atom stereocenters. The van der Waals surface area contributed by atoms with E-state index in [9.17, 15) is 0 Å². The van der Waals surface area contributed by atoms with Crippen molar-refractivity contribution in [3.63, 3.8) is 0 Å². The van der Waals surface area contributed by atoms with Crippen molar-refractivity contribution in [2.45, 2.75) is 39.9 Å². The highest BCUT2D eigenvalue weighted by Crippen LogP contribution is 2.14. The smallest absolute Gasteiger partial charge is 0.0849 e. The Hall–Kier alpha value is -0.715. The van der Waals surface area contributed by atoms with Gasteiger partial charge < -0.3 is 0 Å². The van der Waals surface area contributed by atoms with Crippen LogP contribution in [-0.4, -0.2) is 7.28 Å². The summed E-state index contributed by atoms with van der Waals surface area (Å²) in [6.45, 7) is 8.96. The van der Waals surface area contributed by atoms with Crippen molar-refractivity contribution in [3.05, 3.63) is 29.3 Å². The molecule has 0 fully saturated rings. The fourth-order valence-electron chi connectivity index (χ4n) is 1.68. The average Bonchev–Trinajstić information content (AvgIpc) is 2.16. The first kappa shape index (κ1) is 10.4. The number of aryl methyl sites for hydroxylation is 1. The third-order valence-corrected chi connectivity index (χ3v) is 2.66. The summed E-state index contributed by atoms with van der Waals surface area (Å²) in [5, 5.41) is 0. The molecule has 0 aliphatic rings. The van der Waals surface area contributed by atoms with Crippen LogP contribution in [0.5, 0.6) is 0 Å². The molecule has 0 aromatic heterocycles. The van der Waals surface area contributed by atoms with Crippen molar-refractivity contribution in [2.24, 2.45) is 0 Å². The Morgan fingerprint density at radius 1 is 1.31 bits per heavy atom. The molecule has 0 aliphatic heterocycles. The zero-order chi connectivity index (χ0) is 9.84. The molecule has 0 N–H and O–H groups in total. The number of benzene rings is 1.